The van der Waals surface area contributed by atoms with Gasteiger partial charge in [0, 0.05) is 17.6 Å². The summed E-state index contributed by atoms with van der Waals surface area (Å²) >= 11 is 3.49. The largest absolute Gasteiger partial charge is 0.484 e. The zero-order valence-corrected chi connectivity index (χ0v) is 14.0. The lowest BCUT2D eigenvalue weighted by molar-refractivity contribution is 0.138. The van der Waals surface area contributed by atoms with Crippen LogP contribution in [-0.2, 0) is 0 Å². The van der Waals surface area contributed by atoms with E-state index in [-0.39, 0.29) is 6.10 Å². The van der Waals surface area contributed by atoms with Gasteiger partial charge in [0.15, 0.2) is 11.5 Å². The number of rotatable bonds is 4. The lowest BCUT2D eigenvalue weighted by Crippen LogP contribution is -2.50. The molecule has 1 fully saturated rings. The first-order chi connectivity index (χ1) is 11.3. The van der Waals surface area contributed by atoms with Crippen LogP contribution in [-0.4, -0.2) is 19.2 Å². The van der Waals surface area contributed by atoms with Crippen LogP contribution in [0.4, 0.5) is 0 Å². The Labute approximate surface area is 143 Å². The van der Waals surface area contributed by atoms with Crippen LogP contribution >= 0.6 is 15.9 Å². The Morgan fingerprint density at radius 1 is 0.870 bits per heavy atom. The molecule has 0 amide bonds. The molecule has 1 aliphatic heterocycles. The average molecular weight is 370 g/mol. The molecular weight excluding hydrogens is 354 g/mol. The topological polar surface area (TPSA) is 30.5 Å². The standard InChI is InChI=1S/C19H16BrNO2/c20-15-6-8-18(19(10-15)23-17-11-21-12-17)22-16-7-5-13-3-1-2-4-14(13)9-16/h1-10,17,21H,11-12H2. The maximum atomic E-state index is 6.08. The van der Waals surface area contributed by atoms with Gasteiger partial charge in [-0.15, -0.1) is 0 Å². The van der Waals surface area contributed by atoms with Gasteiger partial charge in [0.05, 0.1) is 0 Å². The van der Waals surface area contributed by atoms with E-state index in [2.05, 4.69) is 39.4 Å². The fraction of sp³-hybridized carbons (Fsp3) is 0.158. The lowest BCUT2D eigenvalue weighted by atomic mass is 10.1. The van der Waals surface area contributed by atoms with E-state index in [0.29, 0.717) is 0 Å². The van der Waals surface area contributed by atoms with Crippen molar-refractivity contribution in [3.8, 4) is 17.2 Å². The summed E-state index contributed by atoms with van der Waals surface area (Å²) in [6.07, 6.45) is 0.211. The number of nitrogens with one attached hydrogen (secondary N) is 1. The Balaban J connectivity index is 1.63. The Bertz CT molecular complexity index is 846. The summed E-state index contributed by atoms with van der Waals surface area (Å²) in [6, 6.07) is 20.2. The monoisotopic (exact) mass is 369 g/mol. The zero-order valence-electron chi connectivity index (χ0n) is 12.5. The SMILES string of the molecule is Brc1ccc(Oc2ccc3ccccc3c2)c(OC2CNC2)c1. The predicted molar refractivity (Wildman–Crippen MR) is 95.4 cm³/mol. The van der Waals surface area contributed by atoms with Crippen molar-refractivity contribution in [2.45, 2.75) is 6.10 Å². The highest BCUT2D eigenvalue weighted by Crippen LogP contribution is 2.35. The van der Waals surface area contributed by atoms with E-state index in [1.807, 2.05) is 42.5 Å². The molecule has 3 aromatic carbocycles. The molecule has 1 aliphatic rings. The number of hydrogen-bond acceptors (Lipinski definition) is 3. The summed E-state index contributed by atoms with van der Waals surface area (Å²) in [7, 11) is 0. The second-order valence-corrected chi connectivity index (χ2v) is 6.52. The molecule has 1 N–H and O–H groups in total. The molecule has 0 aromatic heterocycles. The van der Waals surface area contributed by atoms with E-state index in [1.165, 1.54) is 5.39 Å². The molecular formula is C19H16BrNO2. The summed E-state index contributed by atoms with van der Waals surface area (Å²) in [5, 5.41) is 5.57. The predicted octanol–water partition coefficient (Wildman–Crippen LogP) is 4.75. The number of benzene rings is 3. The molecule has 1 heterocycles. The molecule has 0 unspecified atom stereocenters. The molecule has 3 nitrogen and oxygen atoms in total. The van der Waals surface area contributed by atoms with Gasteiger partial charge in [-0.2, -0.15) is 0 Å². The highest BCUT2D eigenvalue weighted by molar-refractivity contribution is 9.10. The first kappa shape index (κ1) is 14.5. The lowest BCUT2D eigenvalue weighted by Gasteiger charge is -2.28. The molecule has 23 heavy (non-hydrogen) atoms. The first-order valence-electron chi connectivity index (χ1n) is 7.61. The van der Waals surface area contributed by atoms with Crippen molar-refractivity contribution in [1.82, 2.24) is 5.32 Å². The molecule has 4 heteroatoms. The molecule has 4 rings (SSSR count). The number of ether oxygens (including phenoxy) is 2. The summed E-state index contributed by atoms with van der Waals surface area (Å²) in [5.41, 5.74) is 0. The smallest absolute Gasteiger partial charge is 0.169 e. The van der Waals surface area contributed by atoms with Gasteiger partial charge in [-0.1, -0.05) is 46.3 Å². The van der Waals surface area contributed by atoms with Gasteiger partial charge in [-0.3, -0.25) is 0 Å². The van der Waals surface area contributed by atoms with Gasteiger partial charge in [0.25, 0.3) is 0 Å². The molecule has 0 bridgehead atoms. The van der Waals surface area contributed by atoms with E-state index in [4.69, 9.17) is 9.47 Å². The third kappa shape index (κ3) is 3.19. The number of fused-ring (bicyclic) bond motifs is 1. The maximum absolute atomic E-state index is 6.08. The molecule has 1 saturated heterocycles. The van der Waals surface area contributed by atoms with Crippen molar-refractivity contribution in [3.05, 3.63) is 65.1 Å². The highest BCUT2D eigenvalue weighted by atomic mass is 79.9. The van der Waals surface area contributed by atoms with Crippen LogP contribution in [0.3, 0.4) is 0 Å². The van der Waals surface area contributed by atoms with Crippen LogP contribution in [0.5, 0.6) is 17.2 Å². The minimum atomic E-state index is 0.211. The van der Waals surface area contributed by atoms with E-state index in [9.17, 15) is 0 Å². The number of halogens is 1. The quantitative estimate of drug-likeness (QED) is 0.719. The fourth-order valence-electron chi connectivity index (χ4n) is 2.54. The third-order valence-electron chi connectivity index (χ3n) is 3.89. The summed E-state index contributed by atoms with van der Waals surface area (Å²) < 4.78 is 13.1. The van der Waals surface area contributed by atoms with Crippen molar-refractivity contribution in [2.24, 2.45) is 0 Å². The Kier molecular flexibility index (Phi) is 3.93. The van der Waals surface area contributed by atoms with Gasteiger partial charge >= 0.3 is 0 Å². The van der Waals surface area contributed by atoms with Gasteiger partial charge in [-0.05, 0) is 41.1 Å². The summed E-state index contributed by atoms with van der Waals surface area (Å²) in [5.74, 6) is 2.30. The van der Waals surface area contributed by atoms with Gasteiger partial charge in [0.1, 0.15) is 11.9 Å². The first-order valence-corrected chi connectivity index (χ1v) is 8.41. The number of hydrogen-bond donors (Lipinski definition) is 1. The normalized spacial score (nSPS) is 14.5. The zero-order chi connectivity index (χ0) is 15.6. The van der Waals surface area contributed by atoms with Crippen LogP contribution in [0.25, 0.3) is 10.8 Å². The van der Waals surface area contributed by atoms with Gasteiger partial charge in [-0.25, -0.2) is 0 Å². The van der Waals surface area contributed by atoms with Crippen molar-refractivity contribution in [3.63, 3.8) is 0 Å². The Hall–Kier alpha value is -2.04. The average Bonchev–Trinajstić information content (AvgIpc) is 2.53. The molecule has 3 aromatic rings. The van der Waals surface area contributed by atoms with Crippen LogP contribution in [0.15, 0.2) is 65.1 Å². The summed E-state index contributed by atoms with van der Waals surface area (Å²) in [6.45, 7) is 1.75. The van der Waals surface area contributed by atoms with Crippen molar-refractivity contribution in [1.29, 1.82) is 0 Å². The molecule has 0 saturated carbocycles. The molecule has 0 spiro atoms. The van der Waals surface area contributed by atoms with Crippen LogP contribution in [0.2, 0.25) is 0 Å². The van der Waals surface area contributed by atoms with Crippen molar-refractivity contribution in [2.75, 3.05) is 13.1 Å². The summed E-state index contributed by atoms with van der Waals surface area (Å²) in [4.78, 5) is 0. The fourth-order valence-corrected chi connectivity index (χ4v) is 2.88. The van der Waals surface area contributed by atoms with E-state index < -0.39 is 0 Å². The Morgan fingerprint density at radius 2 is 1.70 bits per heavy atom. The minimum Gasteiger partial charge on any atom is -0.484 e. The second-order valence-electron chi connectivity index (χ2n) is 5.60. The molecule has 0 radical (unpaired) electrons. The molecule has 116 valence electrons. The van der Waals surface area contributed by atoms with Crippen molar-refractivity contribution < 1.29 is 9.47 Å². The molecule has 0 atom stereocenters. The van der Waals surface area contributed by atoms with Gasteiger partial charge in [0.2, 0.25) is 0 Å². The van der Waals surface area contributed by atoms with E-state index >= 15 is 0 Å². The third-order valence-corrected chi connectivity index (χ3v) is 4.39. The highest BCUT2D eigenvalue weighted by Gasteiger charge is 2.20. The van der Waals surface area contributed by atoms with Crippen LogP contribution < -0.4 is 14.8 Å². The molecule has 0 aliphatic carbocycles. The van der Waals surface area contributed by atoms with Crippen LogP contribution in [0.1, 0.15) is 0 Å². The van der Waals surface area contributed by atoms with Crippen LogP contribution in [0, 0.1) is 0 Å². The van der Waals surface area contributed by atoms with Gasteiger partial charge < -0.3 is 14.8 Å². The Morgan fingerprint density at radius 3 is 2.48 bits per heavy atom. The van der Waals surface area contributed by atoms with E-state index in [1.54, 1.807) is 0 Å². The maximum Gasteiger partial charge on any atom is 0.169 e. The van der Waals surface area contributed by atoms with Crippen molar-refractivity contribution >= 4 is 26.7 Å². The second kappa shape index (κ2) is 6.22. The van der Waals surface area contributed by atoms with E-state index in [0.717, 1.165) is 40.2 Å². The minimum absolute atomic E-state index is 0.211.